The van der Waals surface area contributed by atoms with E-state index in [1.165, 1.54) is 18.9 Å². The van der Waals surface area contributed by atoms with E-state index < -0.39 is 4.92 Å². The molecule has 1 saturated carbocycles. The molecular weight excluding hydrogens is 170 g/mol. The molecule has 1 fully saturated rings. The van der Waals surface area contributed by atoms with E-state index in [0.717, 1.165) is 12.8 Å². The van der Waals surface area contributed by atoms with Gasteiger partial charge in [-0.15, -0.1) is 0 Å². The fraction of sp³-hybridized carbons (Fsp3) is 0.625. The van der Waals surface area contributed by atoms with Crippen LogP contribution in [0.25, 0.3) is 0 Å². The maximum atomic E-state index is 10.4. The van der Waals surface area contributed by atoms with E-state index in [4.69, 9.17) is 0 Å². The monoisotopic (exact) mass is 181 g/mol. The van der Waals surface area contributed by atoms with Crippen LogP contribution in [0.1, 0.15) is 31.7 Å². The molecule has 1 aromatic rings. The molecule has 1 heterocycles. The third kappa shape index (κ3) is 1.54. The first-order chi connectivity index (χ1) is 6.27. The summed E-state index contributed by atoms with van der Waals surface area (Å²) in [6, 6.07) is 1.84. The Bertz CT molecular complexity index is 315. The minimum atomic E-state index is -0.453. The highest BCUT2D eigenvalue weighted by Gasteiger charge is 2.22. The zero-order valence-electron chi connectivity index (χ0n) is 7.22. The van der Waals surface area contributed by atoms with Crippen LogP contribution in [0.5, 0.6) is 0 Å². The lowest BCUT2D eigenvalue weighted by Crippen LogP contribution is -2.05. The summed E-state index contributed by atoms with van der Waals surface area (Å²) in [6.45, 7) is 0. The second kappa shape index (κ2) is 3.16. The molecule has 0 unspecified atom stereocenters. The molecule has 70 valence electrons. The van der Waals surface area contributed by atoms with Crippen LogP contribution in [-0.2, 0) is 0 Å². The number of nitrogens with zero attached hydrogens (tertiary/aromatic N) is 3. The van der Waals surface area contributed by atoms with Crippen LogP contribution in [0.4, 0.5) is 5.82 Å². The van der Waals surface area contributed by atoms with E-state index in [1.807, 2.05) is 0 Å². The topological polar surface area (TPSA) is 61.0 Å². The molecule has 13 heavy (non-hydrogen) atoms. The van der Waals surface area contributed by atoms with Crippen molar-refractivity contribution in [2.75, 3.05) is 0 Å². The summed E-state index contributed by atoms with van der Waals surface area (Å²) >= 11 is 0. The zero-order valence-corrected chi connectivity index (χ0v) is 7.22. The van der Waals surface area contributed by atoms with E-state index in [-0.39, 0.29) is 5.82 Å². The Labute approximate surface area is 75.5 Å². The van der Waals surface area contributed by atoms with E-state index in [9.17, 15) is 10.1 Å². The van der Waals surface area contributed by atoms with Crippen LogP contribution in [0.3, 0.4) is 0 Å². The molecule has 0 radical (unpaired) electrons. The molecule has 0 N–H and O–H groups in total. The number of aromatic nitrogens is 2. The SMILES string of the molecule is O=[N+]([O-])c1ccn(C2CCCC2)n1. The maximum absolute atomic E-state index is 10.4. The van der Waals surface area contributed by atoms with Gasteiger partial charge < -0.3 is 10.1 Å². The predicted octanol–water partition coefficient (Wildman–Crippen LogP) is 1.91. The first kappa shape index (κ1) is 8.22. The van der Waals surface area contributed by atoms with Crippen LogP contribution < -0.4 is 0 Å². The fourth-order valence-electron chi connectivity index (χ4n) is 1.80. The molecule has 5 nitrogen and oxygen atoms in total. The average molecular weight is 181 g/mol. The lowest BCUT2D eigenvalue weighted by atomic mass is 10.3. The molecule has 2 rings (SSSR count). The van der Waals surface area contributed by atoms with E-state index in [0.29, 0.717) is 6.04 Å². The van der Waals surface area contributed by atoms with Gasteiger partial charge in [0.1, 0.15) is 0 Å². The minimum Gasteiger partial charge on any atom is -0.358 e. The highest BCUT2D eigenvalue weighted by Crippen LogP contribution is 2.29. The van der Waals surface area contributed by atoms with Crippen LogP contribution in [0.2, 0.25) is 0 Å². The molecule has 1 aliphatic rings. The van der Waals surface area contributed by atoms with Gasteiger partial charge in [0, 0.05) is 0 Å². The second-order valence-electron chi connectivity index (χ2n) is 3.35. The summed E-state index contributed by atoms with van der Waals surface area (Å²) in [7, 11) is 0. The van der Waals surface area contributed by atoms with Crippen LogP contribution in [0, 0.1) is 10.1 Å². The van der Waals surface area contributed by atoms with Crippen LogP contribution in [0.15, 0.2) is 12.3 Å². The fourth-order valence-corrected chi connectivity index (χ4v) is 1.80. The largest absolute Gasteiger partial charge is 0.389 e. The number of hydrogen-bond acceptors (Lipinski definition) is 3. The van der Waals surface area contributed by atoms with Crippen molar-refractivity contribution in [2.24, 2.45) is 0 Å². The molecule has 1 aromatic heterocycles. The third-order valence-corrected chi connectivity index (χ3v) is 2.48. The molecule has 1 aliphatic carbocycles. The van der Waals surface area contributed by atoms with Crippen molar-refractivity contribution in [3.8, 4) is 0 Å². The normalized spacial score (nSPS) is 17.8. The summed E-state index contributed by atoms with van der Waals surface area (Å²) in [5.74, 6) is -0.0492. The summed E-state index contributed by atoms with van der Waals surface area (Å²) in [5.41, 5.74) is 0. The molecule has 0 bridgehead atoms. The van der Waals surface area contributed by atoms with Gasteiger partial charge in [0.15, 0.2) is 0 Å². The van der Waals surface area contributed by atoms with Gasteiger partial charge in [-0.25, -0.2) is 0 Å². The molecular formula is C8H11N3O2. The number of hydrogen-bond donors (Lipinski definition) is 0. The molecule has 0 saturated heterocycles. The van der Waals surface area contributed by atoms with Crippen LogP contribution >= 0.6 is 0 Å². The van der Waals surface area contributed by atoms with Crippen molar-refractivity contribution in [1.29, 1.82) is 0 Å². The number of nitro groups is 1. The zero-order chi connectivity index (χ0) is 9.26. The number of rotatable bonds is 2. The second-order valence-corrected chi connectivity index (χ2v) is 3.35. The summed E-state index contributed by atoms with van der Waals surface area (Å²) in [6.07, 6.45) is 6.31. The Morgan fingerprint density at radius 1 is 1.54 bits per heavy atom. The van der Waals surface area contributed by atoms with Crippen molar-refractivity contribution in [2.45, 2.75) is 31.7 Å². The minimum absolute atomic E-state index is 0.0492. The van der Waals surface area contributed by atoms with Gasteiger partial charge in [0.05, 0.1) is 23.4 Å². The summed E-state index contributed by atoms with van der Waals surface area (Å²) in [4.78, 5) is 9.91. The Morgan fingerprint density at radius 2 is 2.23 bits per heavy atom. The summed E-state index contributed by atoms with van der Waals surface area (Å²) < 4.78 is 1.73. The maximum Gasteiger partial charge on any atom is 0.389 e. The van der Waals surface area contributed by atoms with Crippen molar-refractivity contribution in [1.82, 2.24) is 9.78 Å². The van der Waals surface area contributed by atoms with Gasteiger partial charge in [0.2, 0.25) is 0 Å². The van der Waals surface area contributed by atoms with Crippen molar-refractivity contribution < 1.29 is 4.92 Å². The highest BCUT2D eigenvalue weighted by molar-refractivity contribution is 5.14. The highest BCUT2D eigenvalue weighted by atomic mass is 16.6. The van der Waals surface area contributed by atoms with Gasteiger partial charge >= 0.3 is 5.82 Å². The van der Waals surface area contributed by atoms with Crippen molar-refractivity contribution in [3.63, 3.8) is 0 Å². The molecule has 0 atom stereocenters. The Hall–Kier alpha value is -1.39. The van der Waals surface area contributed by atoms with Crippen molar-refractivity contribution >= 4 is 5.82 Å². The predicted molar refractivity (Wildman–Crippen MR) is 46.4 cm³/mol. The quantitative estimate of drug-likeness (QED) is 0.517. The Morgan fingerprint density at radius 3 is 2.77 bits per heavy atom. The Kier molecular flexibility index (Phi) is 2.00. The smallest absolute Gasteiger partial charge is 0.358 e. The lowest BCUT2D eigenvalue weighted by Gasteiger charge is -2.03. The molecule has 0 aromatic carbocycles. The first-order valence-corrected chi connectivity index (χ1v) is 4.47. The van der Waals surface area contributed by atoms with Gasteiger partial charge in [-0.05, 0) is 17.8 Å². The van der Waals surface area contributed by atoms with Gasteiger partial charge in [-0.3, -0.25) is 0 Å². The van der Waals surface area contributed by atoms with Gasteiger partial charge in [0.25, 0.3) is 0 Å². The van der Waals surface area contributed by atoms with Crippen LogP contribution in [-0.4, -0.2) is 14.7 Å². The summed E-state index contributed by atoms with van der Waals surface area (Å²) in [5, 5.41) is 14.3. The molecule has 5 heteroatoms. The van der Waals surface area contributed by atoms with Crippen molar-refractivity contribution in [3.05, 3.63) is 22.4 Å². The van der Waals surface area contributed by atoms with E-state index in [1.54, 1.807) is 10.9 Å². The molecule has 0 amide bonds. The van der Waals surface area contributed by atoms with E-state index in [2.05, 4.69) is 5.10 Å². The molecule has 0 aliphatic heterocycles. The van der Waals surface area contributed by atoms with Gasteiger partial charge in [-0.2, -0.15) is 4.68 Å². The lowest BCUT2D eigenvalue weighted by molar-refractivity contribution is -0.389. The third-order valence-electron chi connectivity index (χ3n) is 2.48. The van der Waals surface area contributed by atoms with Gasteiger partial charge in [-0.1, -0.05) is 12.8 Å². The first-order valence-electron chi connectivity index (χ1n) is 4.47. The average Bonchev–Trinajstić information content (AvgIpc) is 2.75. The Balaban J connectivity index is 2.16. The standard InChI is InChI=1S/C8H11N3O2/c12-11(13)8-5-6-10(9-8)7-3-1-2-4-7/h5-7H,1-4H2. The molecule has 0 spiro atoms. The van der Waals surface area contributed by atoms with E-state index >= 15 is 0 Å².